The van der Waals surface area contributed by atoms with E-state index in [0.717, 1.165) is 12.8 Å². The Bertz CT molecular complexity index is 939. The van der Waals surface area contributed by atoms with Crippen LogP contribution >= 0.6 is 0 Å². The molecule has 2 nitrogen and oxygen atoms in total. The van der Waals surface area contributed by atoms with Crippen molar-refractivity contribution in [3.05, 3.63) is 65.0 Å². The van der Waals surface area contributed by atoms with E-state index in [1.807, 2.05) is 6.07 Å². The lowest BCUT2D eigenvalue weighted by Gasteiger charge is -2.23. The number of hydrogen-bond donors (Lipinski definition) is 0. The van der Waals surface area contributed by atoms with Crippen molar-refractivity contribution in [2.45, 2.75) is 59.3 Å². The molecule has 0 saturated carbocycles. The third-order valence-corrected chi connectivity index (χ3v) is 6.16. The minimum atomic E-state index is -1.16. The first kappa shape index (κ1) is 23.2. The molecule has 2 unspecified atom stereocenters. The molecule has 0 amide bonds. The SMILES string of the molecule is C=CCOc1cc2c(c(F)c1F)Oc1c(ccc(CCC(C)CCC(C)CC)c1F)C2. The van der Waals surface area contributed by atoms with E-state index in [-0.39, 0.29) is 30.3 Å². The molecule has 0 fully saturated rings. The Hall–Kier alpha value is -2.43. The smallest absolute Gasteiger partial charge is 0.205 e. The summed E-state index contributed by atoms with van der Waals surface area (Å²) < 4.78 is 54.8. The van der Waals surface area contributed by atoms with Crippen molar-refractivity contribution in [2.24, 2.45) is 11.8 Å². The van der Waals surface area contributed by atoms with E-state index in [1.165, 1.54) is 25.0 Å². The van der Waals surface area contributed by atoms with Gasteiger partial charge < -0.3 is 9.47 Å². The molecule has 0 N–H and O–H groups in total. The maximum absolute atomic E-state index is 15.2. The van der Waals surface area contributed by atoms with Gasteiger partial charge in [-0.15, -0.1) is 0 Å². The van der Waals surface area contributed by atoms with E-state index in [9.17, 15) is 8.78 Å². The molecule has 0 bridgehead atoms. The number of fused-ring (bicyclic) bond motifs is 2. The number of rotatable bonds is 10. The van der Waals surface area contributed by atoms with Crippen molar-refractivity contribution >= 4 is 0 Å². The fourth-order valence-electron chi connectivity index (χ4n) is 3.84. The van der Waals surface area contributed by atoms with Gasteiger partial charge in [0.1, 0.15) is 6.61 Å². The van der Waals surface area contributed by atoms with E-state index < -0.39 is 17.5 Å². The van der Waals surface area contributed by atoms with Crippen molar-refractivity contribution in [1.82, 2.24) is 0 Å². The molecule has 2 atom stereocenters. The van der Waals surface area contributed by atoms with Crippen molar-refractivity contribution in [3.8, 4) is 17.2 Å². The first-order valence-electron chi connectivity index (χ1n) is 11.1. The predicted molar refractivity (Wildman–Crippen MR) is 118 cm³/mol. The predicted octanol–water partition coefficient (Wildman–Crippen LogP) is 7.76. The van der Waals surface area contributed by atoms with Gasteiger partial charge in [-0.3, -0.25) is 0 Å². The second-order valence-electron chi connectivity index (χ2n) is 8.63. The van der Waals surface area contributed by atoms with Crippen LogP contribution in [0.15, 0.2) is 30.9 Å². The van der Waals surface area contributed by atoms with Crippen LogP contribution in [0.1, 0.15) is 63.1 Å². The summed E-state index contributed by atoms with van der Waals surface area (Å²) in [5, 5.41) is 0. The molecule has 3 rings (SSSR count). The molecule has 1 aliphatic rings. The van der Waals surface area contributed by atoms with Crippen LogP contribution in [0.4, 0.5) is 13.2 Å². The second-order valence-corrected chi connectivity index (χ2v) is 8.63. The fourth-order valence-corrected chi connectivity index (χ4v) is 3.84. The van der Waals surface area contributed by atoms with Crippen molar-refractivity contribution < 1.29 is 22.6 Å². The molecular weight excluding hydrogens is 401 g/mol. The highest BCUT2D eigenvalue weighted by atomic mass is 19.2. The Morgan fingerprint density at radius 2 is 1.71 bits per heavy atom. The van der Waals surface area contributed by atoms with Crippen LogP contribution in [-0.4, -0.2) is 6.61 Å². The van der Waals surface area contributed by atoms with E-state index in [1.54, 1.807) is 6.07 Å². The topological polar surface area (TPSA) is 18.5 Å². The van der Waals surface area contributed by atoms with Gasteiger partial charge in [0.15, 0.2) is 23.1 Å². The zero-order valence-electron chi connectivity index (χ0n) is 18.6. The lowest BCUT2D eigenvalue weighted by molar-refractivity contribution is 0.321. The molecule has 0 aliphatic carbocycles. The molecule has 0 spiro atoms. The van der Waals surface area contributed by atoms with E-state index in [4.69, 9.17) is 9.47 Å². The third-order valence-electron chi connectivity index (χ3n) is 6.16. The molecule has 168 valence electrons. The summed E-state index contributed by atoms with van der Waals surface area (Å²) in [4.78, 5) is 0. The Labute approximate surface area is 183 Å². The molecule has 5 heteroatoms. The van der Waals surface area contributed by atoms with Gasteiger partial charge in [0.05, 0.1) is 0 Å². The van der Waals surface area contributed by atoms with Gasteiger partial charge in [-0.25, -0.2) is 4.39 Å². The van der Waals surface area contributed by atoms with Crippen molar-refractivity contribution in [1.29, 1.82) is 0 Å². The highest BCUT2D eigenvalue weighted by Gasteiger charge is 2.29. The summed E-state index contributed by atoms with van der Waals surface area (Å²) in [6.07, 6.45) is 6.61. The van der Waals surface area contributed by atoms with E-state index in [2.05, 4.69) is 27.4 Å². The summed E-state index contributed by atoms with van der Waals surface area (Å²) >= 11 is 0. The zero-order chi connectivity index (χ0) is 22.5. The standard InChI is InChI=1S/C26H31F3O2/c1-5-13-30-21-15-20-14-19-12-11-18(10-9-17(4)8-7-16(3)6-2)22(27)25(19)31-26(20)24(29)23(21)28/h5,11-12,15-17H,1,6-10,13-14H2,2-4H3. The lowest BCUT2D eigenvalue weighted by atomic mass is 9.91. The molecular formula is C26H31F3O2. The minimum Gasteiger partial charge on any atom is -0.486 e. The molecule has 0 radical (unpaired) electrons. The summed E-state index contributed by atoms with van der Waals surface area (Å²) in [7, 11) is 0. The maximum atomic E-state index is 15.2. The van der Waals surface area contributed by atoms with Crippen LogP contribution in [0.2, 0.25) is 0 Å². The number of hydrogen-bond acceptors (Lipinski definition) is 2. The van der Waals surface area contributed by atoms with Crippen LogP contribution in [0.5, 0.6) is 17.2 Å². The van der Waals surface area contributed by atoms with Crippen molar-refractivity contribution in [2.75, 3.05) is 6.61 Å². The van der Waals surface area contributed by atoms with Gasteiger partial charge in [-0.2, -0.15) is 8.78 Å². The Morgan fingerprint density at radius 3 is 2.42 bits per heavy atom. The van der Waals surface area contributed by atoms with Gasteiger partial charge in [-0.05, 0) is 36.3 Å². The van der Waals surface area contributed by atoms with Crippen LogP contribution < -0.4 is 9.47 Å². The van der Waals surface area contributed by atoms with E-state index in [0.29, 0.717) is 34.9 Å². The van der Waals surface area contributed by atoms with Crippen LogP contribution in [0.3, 0.4) is 0 Å². The van der Waals surface area contributed by atoms with E-state index >= 15 is 4.39 Å². The maximum Gasteiger partial charge on any atom is 0.205 e. The first-order valence-corrected chi connectivity index (χ1v) is 11.1. The molecule has 1 aliphatic heterocycles. The molecule has 2 aromatic carbocycles. The summed E-state index contributed by atoms with van der Waals surface area (Å²) in [5.41, 5.74) is 1.58. The third kappa shape index (κ3) is 5.25. The fraction of sp³-hybridized carbons (Fsp3) is 0.462. The lowest BCUT2D eigenvalue weighted by Crippen LogP contribution is -2.11. The molecule has 31 heavy (non-hydrogen) atoms. The molecule has 0 saturated heterocycles. The number of benzene rings is 2. The quantitative estimate of drug-likeness (QED) is 0.305. The van der Waals surface area contributed by atoms with Gasteiger partial charge in [0.2, 0.25) is 11.6 Å². The normalized spacial score (nSPS) is 14.3. The monoisotopic (exact) mass is 432 g/mol. The molecule has 2 aromatic rings. The Morgan fingerprint density at radius 1 is 1.00 bits per heavy atom. The minimum absolute atomic E-state index is 0.00434. The van der Waals surface area contributed by atoms with Crippen LogP contribution in [0, 0.1) is 29.3 Å². The summed E-state index contributed by atoms with van der Waals surface area (Å²) in [6.45, 7) is 10.2. The van der Waals surface area contributed by atoms with Crippen molar-refractivity contribution in [3.63, 3.8) is 0 Å². The second kappa shape index (κ2) is 10.3. The Balaban J connectivity index is 1.75. The number of halogens is 3. The molecule has 1 heterocycles. The average molecular weight is 433 g/mol. The highest BCUT2D eigenvalue weighted by molar-refractivity contribution is 5.54. The van der Waals surface area contributed by atoms with Gasteiger partial charge in [-0.1, -0.05) is 64.8 Å². The average Bonchev–Trinajstić information content (AvgIpc) is 2.77. The highest BCUT2D eigenvalue weighted by Crippen LogP contribution is 2.43. The Kier molecular flexibility index (Phi) is 7.69. The van der Waals surface area contributed by atoms with Crippen LogP contribution in [0.25, 0.3) is 0 Å². The number of aryl methyl sites for hydroxylation is 1. The zero-order valence-corrected chi connectivity index (χ0v) is 18.6. The van der Waals surface area contributed by atoms with Gasteiger partial charge in [0, 0.05) is 17.5 Å². The molecule has 0 aromatic heterocycles. The van der Waals surface area contributed by atoms with Gasteiger partial charge >= 0.3 is 0 Å². The summed E-state index contributed by atoms with van der Waals surface area (Å²) in [6, 6.07) is 5.00. The van der Waals surface area contributed by atoms with Gasteiger partial charge in [0.25, 0.3) is 0 Å². The first-order chi connectivity index (χ1) is 14.8. The largest absolute Gasteiger partial charge is 0.486 e. The van der Waals surface area contributed by atoms with Crippen LogP contribution in [-0.2, 0) is 12.8 Å². The summed E-state index contributed by atoms with van der Waals surface area (Å²) in [5.74, 6) is -2.07. The number of ether oxygens (including phenoxy) is 2.